The molecule has 6 heteroatoms. The van der Waals surface area contributed by atoms with Gasteiger partial charge in [-0.15, -0.1) is 11.3 Å². The SMILES string of the molecule is COc1ccc(C(NN)c2ccc(Cl)s2)cc1F. The molecule has 0 aliphatic rings. The molecule has 0 radical (unpaired) electrons. The molecule has 1 aromatic carbocycles. The van der Waals surface area contributed by atoms with Crippen molar-refractivity contribution in [2.75, 3.05) is 7.11 Å². The van der Waals surface area contributed by atoms with E-state index in [0.717, 1.165) is 4.88 Å². The van der Waals surface area contributed by atoms with Gasteiger partial charge in [-0.3, -0.25) is 5.84 Å². The number of hydrazine groups is 1. The van der Waals surface area contributed by atoms with Crippen molar-refractivity contribution in [2.45, 2.75) is 6.04 Å². The van der Waals surface area contributed by atoms with Crippen molar-refractivity contribution in [3.63, 3.8) is 0 Å². The standard InChI is InChI=1S/C12H12ClFN2OS/c1-17-9-3-2-7(6-8(9)14)12(16-15)10-4-5-11(13)18-10/h2-6,12,16H,15H2,1H3. The number of thiophene rings is 1. The lowest BCUT2D eigenvalue weighted by atomic mass is 10.1. The lowest BCUT2D eigenvalue weighted by Gasteiger charge is -2.15. The Morgan fingerprint density at radius 2 is 2.17 bits per heavy atom. The van der Waals surface area contributed by atoms with Crippen LogP contribution in [0.1, 0.15) is 16.5 Å². The monoisotopic (exact) mass is 286 g/mol. The van der Waals surface area contributed by atoms with Gasteiger partial charge in [-0.05, 0) is 29.8 Å². The third kappa shape index (κ3) is 2.64. The summed E-state index contributed by atoms with van der Waals surface area (Å²) in [5.74, 6) is 5.32. The fourth-order valence-corrected chi connectivity index (χ4v) is 2.84. The second-order valence-electron chi connectivity index (χ2n) is 3.64. The summed E-state index contributed by atoms with van der Waals surface area (Å²) in [6, 6.07) is 8.09. The summed E-state index contributed by atoms with van der Waals surface area (Å²) in [4.78, 5) is 0.923. The third-order valence-corrected chi connectivity index (χ3v) is 3.85. The lowest BCUT2D eigenvalue weighted by molar-refractivity contribution is 0.386. The van der Waals surface area contributed by atoms with Crippen LogP contribution >= 0.6 is 22.9 Å². The van der Waals surface area contributed by atoms with Gasteiger partial charge in [-0.2, -0.15) is 0 Å². The summed E-state index contributed by atoms with van der Waals surface area (Å²) in [6.45, 7) is 0. The molecule has 1 unspecified atom stereocenters. The summed E-state index contributed by atoms with van der Waals surface area (Å²) in [7, 11) is 1.43. The van der Waals surface area contributed by atoms with Crippen molar-refractivity contribution in [3.05, 3.63) is 50.9 Å². The van der Waals surface area contributed by atoms with Crippen LogP contribution in [0.4, 0.5) is 4.39 Å². The van der Waals surface area contributed by atoms with Gasteiger partial charge >= 0.3 is 0 Å². The number of nitrogens with one attached hydrogen (secondary N) is 1. The van der Waals surface area contributed by atoms with Crippen LogP contribution in [0.2, 0.25) is 4.34 Å². The summed E-state index contributed by atoms with van der Waals surface area (Å²) < 4.78 is 19.2. The number of halogens is 2. The fourth-order valence-electron chi connectivity index (χ4n) is 1.69. The molecule has 0 saturated heterocycles. The Hall–Kier alpha value is -1.14. The molecule has 0 saturated carbocycles. The molecule has 2 aromatic rings. The average molecular weight is 287 g/mol. The van der Waals surface area contributed by atoms with Crippen LogP contribution in [0.5, 0.6) is 5.75 Å². The van der Waals surface area contributed by atoms with E-state index < -0.39 is 5.82 Å². The van der Waals surface area contributed by atoms with Gasteiger partial charge in [0, 0.05) is 4.88 Å². The minimum Gasteiger partial charge on any atom is -0.494 e. The van der Waals surface area contributed by atoms with Crippen molar-refractivity contribution in [2.24, 2.45) is 5.84 Å². The Labute approximate surface area is 113 Å². The number of nitrogens with two attached hydrogens (primary N) is 1. The van der Waals surface area contributed by atoms with Gasteiger partial charge < -0.3 is 4.74 Å². The van der Waals surface area contributed by atoms with E-state index in [1.807, 2.05) is 6.07 Å². The van der Waals surface area contributed by atoms with Gasteiger partial charge in [-0.25, -0.2) is 9.82 Å². The molecule has 0 aliphatic carbocycles. The van der Waals surface area contributed by atoms with E-state index in [4.69, 9.17) is 22.2 Å². The summed E-state index contributed by atoms with van der Waals surface area (Å²) in [5, 5.41) is 0. The molecule has 0 spiro atoms. The highest BCUT2D eigenvalue weighted by Crippen LogP contribution is 2.32. The summed E-state index contributed by atoms with van der Waals surface area (Å²) >= 11 is 7.28. The van der Waals surface area contributed by atoms with E-state index >= 15 is 0 Å². The molecule has 1 atom stereocenters. The number of benzene rings is 1. The zero-order chi connectivity index (χ0) is 13.1. The van der Waals surface area contributed by atoms with E-state index in [9.17, 15) is 4.39 Å². The maximum Gasteiger partial charge on any atom is 0.165 e. The number of ether oxygens (including phenoxy) is 1. The predicted octanol–water partition coefficient (Wildman–Crippen LogP) is 3.10. The van der Waals surface area contributed by atoms with Crippen molar-refractivity contribution >= 4 is 22.9 Å². The molecule has 0 fully saturated rings. The number of methoxy groups -OCH3 is 1. The number of hydrogen-bond donors (Lipinski definition) is 2. The molecule has 1 heterocycles. The molecule has 18 heavy (non-hydrogen) atoms. The minimum atomic E-state index is -0.419. The molecular formula is C12H12ClFN2OS. The predicted molar refractivity (Wildman–Crippen MR) is 71.4 cm³/mol. The van der Waals surface area contributed by atoms with Crippen molar-refractivity contribution < 1.29 is 9.13 Å². The van der Waals surface area contributed by atoms with E-state index in [-0.39, 0.29) is 11.8 Å². The van der Waals surface area contributed by atoms with Gasteiger partial charge in [0.1, 0.15) is 0 Å². The quantitative estimate of drug-likeness (QED) is 0.671. The van der Waals surface area contributed by atoms with Gasteiger partial charge in [0.05, 0.1) is 17.5 Å². The highest BCUT2D eigenvalue weighted by molar-refractivity contribution is 7.16. The van der Waals surface area contributed by atoms with E-state index in [1.54, 1.807) is 18.2 Å². The number of rotatable bonds is 4. The largest absolute Gasteiger partial charge is 0.494 e. The first-order valence-corrected chi connectivity index (χ1v) is 6.40. The van der Waals surface area contributed by atoms with E-state index in [0.29, 0.717) is 9.90 Å². The Balaban J connectivity index is 2.36. The van der Waals surface area contributed by atoms with Gasteiger partial charge in [-0.1, -0.05) is 17.7 Å². The first kappa shape index (κ1) is 13.3. The molecule has 3 N–H and O–H groups in total. The van der Waals surface area contributed by atoms with E-state index in [2.05, 4.69) is 5.43 Å². The molecule has 3 nitrogen and oxygen atoms in total. The molecule has 0 aliphatic heterocycles. The zero-order valence-corrected chi connectivity index (χ0v) is 11.2. The highest BCUT2D eigenvalue weighted by atomic mass is 35.5. The molecule has 96 valence electrons. The van der Waals surface area contributed by atoms with Crippen LogP contribution < -0.4 is 16.0 Å². The molecule has 2 rings (SSSR count). The molecule has 0 bridgehead atoms. The maximum absolute atomic E-state index is 13.7. The second kappa shape index (κ2) is 5.67. The van der Waals surface area contributed by atoms with Crippen molar-refractivity contribution in [1.82, 2.24) is 5.43 Å². The lowest BCUT2D eigenvalue weighted by Crippen LogP contribution is -2.28. The average Bonchev–Trinajstić information content (AvgIpc) is 2.77. The number of hydrogen-bond acceptors (Lipinski definition) is 4. The van der Waals surface area contributed by atoms with E-state index in [1.165, 1.54) is 24.5 Å². The van der Waals surface area contributed by atoms with Crippen LogP contribution in [-0.4, -0.2) is 7.11 Å². The normalized spacial score (nSPS) is 12.4. The summed E-state index contributed by atoms with van der Waals surface area (Å²) in [6.07, 6.45) is 0. The fraction of sp³-hybridized carbons (Fsp3) is 0.167. The van der Waals surface area contributed by atoms with Crippen LogP contribution in [0.15, 0.2) is 30.3 Å². The summed E-state index contributed by atoms with van der Waals surface area (Å²) in [5.41, 5.74) is 3.37. The Morgan fingerprint density at radius 3 is 2.67 bits per heavy atom. The Morgan fingerprint density at radius 1 is 1.39 bits per heavy atom. The maximum atomic E-state index is 13.7. The zero-order valence-electron chi connectivity index (χ0n) is 9.61. The smallest absolute Gasteiger partial charge is 0.165 e. The topological polar surface area (TPSA) is 47.3 Å². The Kier molecular flexibility index (Phi) is 4.19. The first-order chi connectivity index (χ1) is 8.65. The van der Waals surface area contributed by atoms with Gasteiger partial charge in [0.25, 0.3) is 0 Å². The van der Waals surface area contributed by atoms with Crippen LogP contribution in [0, 0.1) is 5.82 Å². The molecule has 0 amide bonds. The first-order valence-electron chi connectivity index (χ1n) is 5.20. The van der Waals surface area contributed by atoms with Crippen LogP contribution in [0.25, 0.3) is 0 Å². The van der Waals surface area contributed by atoms with Crippen LogP contribution in [-0.2, 0) is 0 Å². The van der Waals surface area contributed by atoms with Gasteiger partial charge in [0.15, 0.2) is 11.6 Å². The van der Waals surface area contributed by atoms with Crippen molar-refractivity contribution in [3.8, 4) is 5.75 Å². The van der Waals surface area contributed by atoms with Gasteiger partial charge in [0.2, 0.25) is 0 Å². The second-order valence-corrected chi connectivity index (χ2v) is 5.38. The van der Waals surface area contributed by atoms with Crippen LogP contribution in [0.3, 0.4) is 0 Å². The van der Waals surface area contributed by atoms with Crippen molar-refractivity contribution in [1.29, 1.82) is 0 Å². The molecule has 1 aromatic heterocycles. The minimum absolute atomic E-state index is 0.207. The highest BCUT2D eigenvalue weighted by Gasteiger charge is 2.16. The Bertz CT molecular complexity index is 547. The third-order valence-electron chi connectivity index (χ3n) is 2.55. The molecular weight excluding hydrogens is 275 g/mol.